The van der Waals surface area contributed by atoms with E-state index in [1.165, 1.54) is 14.0 Å². The quantitative estimate of drug-likeness (QED) is 0.875. The summed E-state index contributed by atoms with van der Waals surface area (Å²) in [5.41, 5.74) is 2.44. The summed E-state index contributed by atoms with van der Waals surface area (Å²) in [4.78, 5) is 26.3. The van der Waals surface area contributed by atoms with Crippen molar-refractivity contribution in [3.8, 4) is 5.75 Å². The SMILES string of the molecule is COc1ccc(Cl)cc1NC(=O)C[C@H]1c2ccccc2C=CN1C(C)=O. The summed E-state index contributed by atoms with van der Waals surface area (Å²) < 4.78 is 5.26. The second-order valence-electron chi connectivity index (χ2n) is 5.98. The van der Waals surface area contributed by atoms with E-state index in [1.54, 1.807) is 29.3 Å². The summed E-state index contributed by atoms with van der Waals surface area (Å²) in [5, 5.41) is 3.33. The van der Waals surface area contributed by atoms with Gasteiger partial charge in [-0.05, 0) is 35.4 Å². The van der Waals surface area contributed by atoms with Crippen LogP contribution >= 0.6 is 11.6 Å². The molecule has 5 nitrogen and oxygen atoms in total. The Hall–Kier alpha value is -2.79. The number of benzene rings is 2. The molecule has 0 saturated heterocycles. The van der Waals surface area contributed by atoms with Gasteiger partial charge in [0, 0.05) is 18.1 Å². The predicted octanol–water partition coefficient (Wildman–Crippen LogP) is 4.25. The van der Waals surface area contributed by atoms with Gasteiger partial charge < -0.3 is 15.0 Å². The molecule has 0 aliphatic carbocycles. The number of hydrogen-bond acceptors (Lipinski definition) is 3. The van der Waals surface area contributed by atoms with E-state index < -0.39 is 0 Å². The van der Waals surface area contributed by atoms with Crippen LogP contribution < -0.4 is 10.1 Å². The summed E-state index contributed by atoms with van der Waals surface area (Å²) in [6.07, 6.45) is 3.73. The summed E-state index contributed by atoms with van der Waals surface area (Å²) in [7, 11) is 1.53. The Labute approximate surface area is 157 Å². The normalized spacial score (nSPS) is 15.3. The Bertz CT molecular complexity index is 879. The molecule has 2 amide bonds. The molecule has 1 aliphatic heterocycles. The number of ether oxygens (including phenoxy) is 1. The number of carbonyl (C=O) groups excluding carboxylic acids is 2. The number of carbonyl (C=O) groups is 2. The van der Waals surface area contributed by atoms with Gasteiger partial charge in [-0.15, -0.1) is 0 Å². The van der Waals surface area contributed by atoms with E-state index in [9.17, 15) is 9.59 Å². The molecule has 0 radical (unpaired) electrons. The molecule has 0 bridgehead atoms. The average Bonchev–Trinajstić information content (AvgIpc) is 2.62. The van der Waals surface area contributed by atoms with Gasteiger partial charge in [0.1, 0.15) is 5.75 Å². The molecule has 1 aliphatic rings. The smallest absolute Gasteiger partial charge is 0.226 e. The minimum absolute atomic E-state index is 0.117. The van der Waals surface area contributed by atoms with Crippen LogP contribution in [0.25, 0.3) is 6.08 Å². The lowest BCUT2D eigenvalue weighted by Crippen LogP contribution is -2.33. The molecule has 1 heterocycles. The van der Waals surface area contributed by atoms with Crippen molar-refractivity contribution in [1.82, 2.24) is 4.90 Å². The van der Waals surface area contributed by atoms with Crippen LogP contribution in [0.5, 0.6) is 5.75 Å². The minimum Gasteiger partial charge on any atom is -0.495 e. The third-order valence-electron chi connectivity index (χ3n) is 4.28. The Kier molecular flexibility index (Phi) is 5.28. The highest BCUT2D eigenvalue weighted by molar-refractivity contribution is 6.31. The lowest BCUT2D eigenvalue weighted by Gasteiger charge is -2.32. The molecule has 0 spiro atoms. The van der Waals surface area contributed by atoms with Crippen LogP contribution in [0.2, 0.25) is 5.02 Å². The highest BCUT2D eigenvalue weighted by Gasteiger charge is 2.28. The first-order chi connectivity index (χ1) is 12.5. The van der Waals surface area contributed by atoms with Crippen LogP contribution in [0.15, 0.2) is 48.7 Å². The zero-order valence-corrected chi connectivity index (χ0v) is 15.3. The first-order valence-corrected chi connectivity index (χ1v) is 8.57. The fourth-order valence-electron chi connectivity index (χ4n) is 3.07. The van der Waals surface area contributed by atoms with Gasteiger partial charge in [-0.3, -0.25) is 9.59 Å². The minimum atomic E-state index is -0.362. The molecule has 134 valence electrons. The first-order valence-electron chi connectivity index (χ1n) is 8.19. The van der Waals surface area contributed by atoms with Crippen LogP contribution in [0.4, 0.5) is 5.69 Å². The molecule has 1 atom stereocenters. The number of hydrogen-bond donors (Lipinski definition) is 1. The number of anilines is 1. The van der Waals surface area contributed by atoms with Gasteiger partial charge in [-0.1, -0.05) is 35.9 Å². The molecule has 0 fully saturated rings. The van der Waals surface area contributed by atoms with Crippen LogP contribution in [-0.4, -0.2) is 23.8 Å². The molecule has 6 heteroatoms. The van der Waals surface area contributed by atoms with Crippen molar-refractivity contribution in [3.05, 3.63) is 64.8 Å². The summed E-state index contributed by atoms with van der Waals surface area (Å²) in [6, 6.07) is 12.4. The Morgan fingerprint density at radius 1 is 1.23 bits per heavy atom. The number of fused-ring (bicyclic) bond motifs is 1. The molecule has 0 aromatic heterocycles. The number of rotatable bonds is 4. The predicted molar refractivity (Wildman–Crippen MR) is 102 cm³/mol. The van der Waals surface area contributed by atoms with Gasteiger partial charge in [0.05, 0.1) is 25.3 Å². The van der Waals surface area contributed by atoms with Gasteiger partial charge >= 0.3 is 0 Å². The number of halogens is 1. The molecule has 2 aromatic rings. The molecule has 0 saturated carbocycles. The summed E-state index contributed by atoms with van der Waals surface area (Å²) in [6.45, 7) is 1.49. The van der Waals surface area contributed by atoms with Crippen molar-refractivity contribution in [2.24, 2.45) is 0 Å². The van der Waals surface area contributed by atoms with E-state index in [-0.39, 0.29) is 24.3 Å². The van der Waals surface area contributed by atoms with Gasteiger partial charge in [-0.2, -0.15) is 0 Å². The van der Waals surface area contributed by atoms with E-state index in [0.29, 0.717) is 16.5 Å². The maximum absolute atomic E-state index is 12.7. The standard InChI is InChI=1S/C20H19ClN2O3/c1-13(24)23-10-9-14-5-3-4-6-16(14)18(23)12-20(25)22-17-11-15(21)7-8-19(17)26-2/h3-11,18H,12H2,1-2H3,(H,22,25)/t18-/m0/s1. The molecular formula is C20H19ClN2O3. The zero-order valence-electron chi connectivity index (χ0n) is 14.5. The molecule has 2 aromatic carbocycles. The summed E-state index contributed by atoms with van der Waals surface area (Å²) >= 11 is 6.01. The number of methoxy groups -OCH3 is 1. The van der Waals surface area contributed by atoms with E-state index >= 15 is 0 Å². The third-order valence-corrected chi connectivity index (χ3v) is 4.52. The maximum atomic E-state index is 12.7. The number of amides is 2. The van der Waals surface area contributed by atoms with E-state index in [0.717, 1.165) is 11.1 Å². The zero-order chi connectivity index (χ0) is 18.7. The monoisotopic (exact) mass is 370 g/mol. The van der Waals surface area contributed by atoms with Crippen molar-refractivity contribution >= 4 is 35.2 Å². The molecule has 0 unspecified atom stereocenters. The first kappa shape index (κ1) is 18.0. The fraction of sp³-hybridized carbons (Fsp3) is 0.200. The van der Waals surface area contributed by atoms with Crippen LogP contribution in [0, 0.1) is 0 Å². The second kappa shape index (κ2) is 7.62. The number of nitrogens with one attached hydrogen (secondary N) is 1. The van der Waals surface area contributed by atoms with Gasteiger partial charge in [0.2, 0.25) is 11.8 Å². The Morgan fingerprint density at radius 3 is 2.73 bits per heavy atom. The maximum Gasteiger partial charge on any atom is 0.226 e. The molecule has 1 N–H and O–H groups in total. The van der Waals surface area contributed by atoms with Crippen molar-refractivity contribution in [2.45, 2.75) is 19.4 Å². The highest BCUT2D eigenvalue weighted by Crippen LogP contribution is 2.34. The lowest BCUT2D eigenvalue weighted by molar-refractivity contribution is -0.129. The molecule has 26 heavy (non-hydrogen) atoms. The van der Waals surface area contributed by atoms with Gasteiger partial charge in [0.15, 0.2) is 0 Å². The largest absolute Gasteiger partial charge is 0.495 e. The Balaban J connectivity index is 1.84. The van der Waals surface area contributed by atoms with Crippen molar-refractivity contribution in [2.75, 3.05) is 12.4 Å². The van der Waals surface area contributed by atoms with Crippen molar-refractivity contribution < 1.29 is 14.3 Å². The van der Waals surface area contributed by atoms with Gasteiger partial charge in [0.25, 0.3) is 0 Å². The van der Waals surface area contributed by atoms with E-state index in [1.807, 2.05) is 30.3 Å². The number of nitrogens with zero attached hydrogens (tertiary/aromatic N) is 1. The highest BCUT2D eigenvalue weighted by atomic mass is 35.5. The second-order valence-corrected chi connectivity index (χ2v) is 6.42. The van der Waals surface area contributed by atoms with Gasteiger partial charge in [-0.25, -0.2) is 0 Å². The molecular weight excluding hydrogens is 352 g/mol. The van der Waals surface area contributed by atoms with Crippen LogP contribution in [-0.2, 0) is 9.59 Å². The molecule has 3 rings (SSSR count). The fourth-order valence-corrected chi connectivity index (χ4v) is 3.24. The lowest BCUT2D eigenvalue weighted by atomic mass is 9.93. The average molecular weight is 371 g/mol. The third kappa shape index (κ3) is 3.73. The summed E-state index contributed by atoms with van der Waals surface area (Å²) in [5.74, 6) is 0.177. The van der Waals surface area contributed by atoms with E-state index in [4.69, 9.17) is 16.3 Å². The van der Waals surface area contributed by atoms with Crippen LogP contribution in [0.1, 0.15) is 30.5 Å². The van der Waals surface area contributed by atoms with Crippen molar-refractivity contribution in [1.29, 1.82) is 0 Å². The van der Waals surface area contributed by atoms with Crippen LogP contribution in [0.3, 0.4) is 0 Å². The Morgan fingerprint density at radius 2 is 2.00 bits per heavy atom. The van der Waals surface area contributed by atoms with Crippen molar-refractivity contribution in [3.63, 3.8) is 0 Å². The topological polar surface area (TPSA) is 58.6 Å². The van der Waals surface area contributed by atoms with E-state index in [2.05, 4.69) is 5.32 Å².